The summed E-state index contributed by atoms with van der Waals surface area (Å²) in [4.78, 5) is 10.2. The summed E-state index contributed by atoms with van der Waals surface area (Å²) in [7, 11) is 2.67. The van der Waals surface area contributed by atoms with E-state index in [-0.39, 0.29) is 17.2 Å². The van der Waals surface area contributed by atoms with Crippen LogP contribution in [0.5, 0.6) is 34.5 Å². The topological polar surface area (TPSA) is 156 Å². The van der Waals surface area contributed by atoms with Crippen molar-refractivity contribution in [2.45, 2.75) is 4.90 Å². The van der Waals surface area contributed by atoms with Crippen LogP contribution in [-0.4, -0.2) is 54.0 Å². The van der Waals surface area contributed by atoms with Crippen LogP contribution in [0, 0.1) is 10.1 Å². The molecule has 0 aliphatic rings. The summed E-state index contributed by atoms with van der Waals surface area (Å²) in [5.74, 6) is 0.736. The van der Waals surface area contributed by atoms with Gasteiger partial charge in [0.1, 0.15) is 0 Å². The number of aromatic hydroxyl groups is 1. The van der Waals surface area contributed by atoms with E-state index >= 15 is 0 Å². The third kappa shape index (κ3) is 5.83. The zero-order chi connectivity index (χ0) is 28.0. The van der Waals surface area contributed by atoms with Gasteiger partial charge in [-0.05, 0) is 47.5 Å². The zero-order valence-corrected chi connectivity index (χ0v) is 22.0. The lowest BCUT2D eigenvalue weighted by atomic mass is 10.1. The largest absolute Gasteiger partial charge is 0.503 e. The lowest BCUT2D eigenvalue weighted by Gasteiger charge is -2.14. The molecule has 0 unspecified atom stereocenters. The second kappa shape index (κ2) is 11.6. The Morgan fingerprint density at radius 1 is 0.789 bits per heavy atom. The predicted molar refractivity (Wildman–Crippen MR) is 140 cm³/mol. The Kier molecular flexibility index (Phi) is 8.53. The van der Waals surface area contributed by atoms with Crippen LogP contribution in [0.4, 0.5) is 11.4 Å². The predicted octanol–water partition coefficient (Wildman–Crippen LogP) is 4.31. The van der Waals surface area contributed by atoms with Gasteiger partial charge >= 0.3 is 5.69 Å². The lowest BCUT2D eigenvalue weighted by Crippen LogP contribution is -2.14. The molecule has 0 saturated carbocycles. The van der Waals surface area contributed by atoms with Crippen molar-refractivity contribution in [2.75, 3.05) is 40.3 Å². The molecular formula is C25H26N2O10S. The highest BCUT2D eigenvalue weighted by Crippen LogP contribution is 2.40. The molecule has 12 nitrogen and oxygen atoms in total. The molecule has 3 aromatic carbocycles. The number of benzene rings is 3. The SMILES string of the molecule is COc1ccc(S(=O)(=O)Nc2cc(C=Cc3cc(OC)c(OC)c(OC)c3)cc(OC)c2O)cc1[N+](=O)[O-]. The van der Waals surface area contributed by atoms with Gasteiger partial charge in [0.2, 0.25) is 5.75 Å². The summed E-state index contributed by atoms with van der Waals surface area (Å²) in [6.07, 6.45) is 3.36. The van der Waals surface area contributed by atoms with Gasteiger partial charge in [0.05, 0.1) is 51.1 Å². The number of phenols is 1. The van der Waals surface area contributed by atoms with E-state index in [2.05, 4.69) is 4.72 Å². The molecule has 202 valence electrons. The average molecular weight is 547 g/mol. The van der Waals surface area contributed by atoms with Gasteiger partial charge in [-0.25, -0.2) is 8.42 Å². The Bertz CT molecular complexity index is 1460. The monoisotopic (exact) mass is 546 g/mol. The Hall–Kier alpha value is -4.65. The molecule has 0 bridgehead atoms. The fourth-order valence-electron chi connectivity index (χ4n) is 3.53. The number of hydrogen-bond acceptors (Lipinski definition) is 10. The molecule has 0 aromatic heterocycles. The minimum atomic E-state index is -4.35. The van der Waals surface area contributed by atoms with Crippen LogP contribution < -0.4 is 28.4 Å². The van der Waals surface area contributed by atoms with Crippen molar-refractivity contribution >= 4 is 33.6 Å². The van der Waals surface area contributed by atoms with E-state index in [1.54, 1.807) is 24.3 Å². The van der Waals surface area contributed by atoms with Crippen LogP contribution in [-0.2, 0) is 10.0 Å². The van der Waals surface area contributed by atoms with Crippen molar-refractivity contribution in [3.8, 4) is 34.5 Å². The fraction of sp³-hybridized carbons (Fsp3) is 0.200. The van der Waals surface area contributed by atoms with Crippen molar-refractivity contribution in [1.29, 1.82) is 0 Å². The Balaban J connectivity index is 2.01. The maximum atomic E-state index is 13.0. The first-order valence-corrected chi connectivity index (χ1v) is 12.3. The summed E-state index contributed by atoms with van der Waals surface area (Å²) in [5, 5.41) is 21.9. The summed E-state index contributed by atoms with van der Waals surface area (Å²) < 4.78 is 54.5. The number of sulfonamides is 1. The van der Waals surface area contributed by atoms with Gasteiger partial charge in [-0.15, -0.1) is 0 Å². The second-order valence-electron chi connectivity index (χ2n) is 7.61. The number of nitro benzene ring substituents is 1. The van der Waals surface area contributed by atoms with Gasteiger partial charge in [0.25, 0.3) is 10.0 Å². The van der Waals surface area contributed by atoms with Crippen molar-refractivity contribution in [3.05, 3.63) is 63.7 Å². The molecule has 0 aliphatic heterocycles. The minimum Gasteiger partial charge on any atom is -0.503 e. The number of methoxy groups -OCH3 is 5. The number of rotatable bonds is 11. The molecular weight excluding hydrogens is 520 g/mol. The van der Waals surface area contributed by atoms with Crippen LogP contribution in [0.3, 0.4) is 0 Å². The quantitative estimate of drug-likeness (QED) is 0.154. The van der Waals surface area contributed by atoms with E-state index in [4.69, 9.17) is 23.7 Å². The molecule has 0 fully saturated rings. The maximum absolute atomic E-state index is 13.0. The summed E-state index contributed by atoms with van der Waals surface area (Å²) >= 11 is 0. The van der Waals surface area contributed by atoms with E-state index in [0.717, 1.165) is 12.1 Å². The van der Waals surface area contributed by atoms with Crippen molar-refractivity contribution < 1.29 is 42.1 Å². The second-order valence-corrected chi connectivity index (χ2v) is 9.29. The highest BCUT2D eigenvalue weighted by molar-refractivity contribution is 7.92. The molecule has 2 N–H and O–H groups in total. The molecule has 0 amide bonds. The standard InChI is InChI=1S/C25H26N2O10S/c1-33-20-9-8-17(14-19(20)27(29)30)38(31,32)26-18-10-15(11-21(34-2)24(18)28)6-7-16-12-22(35-3)25(37-5)23(13-16)36-4/h6-14,26,28H,1-5H3. The van der Waals surface area contributed by atoms with E-state index < -0.39 is 31.3 Å². The first-order valence-electron chi connectivity index (χ1n) is 10.8. The van der Waals surface area contributed by atoms with Gasteiger partial charge in [0.15, 0.2) is 28.7 Å². The summed E-state index contributed by atoms with van der Waals surface area (Å²) in [5.41, 5.74) is 0.414. The Morgan fingerprint density at radius 3 is 1.82 bits per heavy atom. The Labute approximate surface area is 219 Å². The van der Waals surface area contributed by atoms with Gasteiger partial charge in [-0.3, -0.25) is 14.8 Å². The Morgan fingerprint density at radius 2 is 1.32 bits per heavy atom. The minimum absolute atomic E-state index is 0.00421. The zero-order valence-electron chi connectivity index (χ0n) is 21.2. The van der Waals surface area contributed by atoms with Crippen LogP contribution in [0.15, 0.2) is 47.4 Å². The van der Waals surface area contributed by atoms with Crippen LogP contribution >= 0.6 is 0 Å². The smallest absolute Gasteiger partial charge is 0.312 e. The number of nitrogens with zero attached hydrogens (tertiary/aromatic N) is 1. The third-order valence-electron chi connectivity index (χ3n) is 5.37. The van der Waals surface area contributed by atoms with Gasteiger partial charge in [-0.1, -0.05) is 12.2 Å². The number of hydrogen-bond donors (Lipinski definition) is 2. The van der Waals surface area contributed by atoms with Crippen LogP contribution in [0.2, 0.25) is 0 Å². The van der Waals surface area contributed by atoms with Crippen LogP contribution in [0.25, 0.3) is 12.2 Å². The van der Waals surface area contributed by atoms with Crippen molar-refractivity contribution in [1.82, 2.24) is 0 Å². The van der Waals surface area contributed by atoms with E-state index in [9.17, 15) is 23.6 Å². The number of phenolic OH excluding ortho intramolecular Hbond substituents is 1. The number of nitro groups is 1. The number of ether oxygens (including phenoxy) is 5. The molecule has 0 aliphatic carbocycles. The number of nitrogens with one attached hydrogen (secondary N) is 1. The van der Waals surface area contributed by atoms with Crippen molar-refractivity contribution in [2.24, 2.45) is 0 Å². The van der Waals surface area contributed by atoms with Crippen LogP contribution in [0.1, 0.15) is 11.1 Å². The van der Waals surface area contributed by atoms with Crippen molar-refractivity contribution in [3.63, 3.8) is 0 Å². The molecule has 38 heavy (non-hydrogen) atoms. The summed E-state index contributed by atoms with van der Waals surface area (Å²) in [6.45, 7) is 0. The average Bonchev–Trinajstić information content (AvgIpc) is 2.91. The normalized spacial score (nSPS) is 11.2. The molecule has 0 spiro atoms. The fourth-order valence-corrected chi connectivity index (χ4v) is 4.61. The maximum Gasteiger partial charge on any atom is 0.312 e. The highest BCUT2D eigenvalue weighted by atomic mass is 32.2. The van der Waals surface area contributed by atoms with Gasteiger partial charge < -0.3 is 28.8 Å². The first kappa shape index (κ1) is 27.9. The third-order valence-corrected chi connectivity index (χ3v) is 6.74. The lowest BCUT2D eigenvalue weighted by molar-refractivity contribution is -0.386. The van der Waals surface area contributed by atoms with E-state index in [0.29, 0.717) is 28.4 Å². The highest BCUT2D eigenvalue weighted by Gasteiger charge is 2.24. The van der Waals surface area contributed by atoms with Gasteiger partial charge in [0, 0.05) is 6.07 Å². The molecule has 3 aromatic rings. The molecule has 0 atom stereocenters. The van der Waals surface area contributed by atoms with E-state index in [1.165, 1.54) is 53.7 Å². The van der Waals surface area contributed by atoms with Gasteiger partial charge in [-0.2, -0.15) is 0 Å². The first-order chi connectivity index (χ1) is 18.1. The molecule has 3 rings (SSSR count). The van der Waals surface area contributed by atoms with E-state index in [1.807, 2.05) is 0 Å². The molecule has 0 saturated heterocycles. The molecule has 0 heterocycles. The number of anilines is 1. The summed E-state index contributed by atoms with van der Waals surface area (Å²) in [6, 6.07) is 9.50. The molecule has 13 heteroatoms. The molecule has 0 radical (unpaired) electrons.